The number of carbonyl (C=O) groups excluding carboxylic acids is 1. The number of hydrogen-bond acceptors (Lipinski definition) is 4. The number of nitrogens with zero attached hydrogens (tertiary/aromatic N) is 1. The van der Waals surface area contributed by atoms with E-state index >= 15 is 0 Å². The van der Waals surface area contributed by atoms with Crippen molar-refractivity contribution < 1.29 is 14.3 Å². The van der Waals surface area contributed by atoms with Crippen LogP contribution in [0, 0.1) is 0 Å². The van der Waals surface area contributed by atoms with E-state index < -0.39 is 5.97 Å². The average Bonchev–Trinajstić information content (AvgIpc) is 2.95. The summed E-state index contributed by atoms with van der Waals surface area (Å²) in [4.78, 5) is 18.6. The SMILES string of the molecule is COC(=O)c1cnc(C2COc3ccccc3C2)[nH]1. The molecule has 1 aliphatic heterocycles. The number of imidazole rings is 1. The number of aromatic amines is 1. The van der Waals surface area contributed by atoms with Crippen LogP contribution >= 0.6 is 0 Å². The van der Waals surface area contributed by atoms with Crippen molar-refractivity contribution in [1.82, 2.24) is 9.97 Å². The molecule has 0 radical (unpaired) electrons. The number of methoxy groups -OCH3 is 1. The number of fused-ring (bicyclic) bond motifs is 1. The number of hydrogen-bond donors (Lipinski definition) is 1. The van der Waals surface area contributed by atoms with E-state index in [1.54, 1.807) is 0 Å². The largest absolute Gasteiger partial charge is 0.493 e. The highest BCUT2D eigenvalue weighted by molar-refractivity contribution is 5.86. The number of benzene rings is 1. The van der Waals surface area contributed by atoms with Crippen molar-refractivity contribution in [1.29, 1.82) is 0 Å². The van der Waals surface area contributed by atoms with Gasteiger partial charge in [-0.1, -0.05) is 18.2 Å². The normalized spacial score (nSPS) is 17.4. The molecule has 0 spiro atoms. The highest BCUT2D eigenvalue weighted by Gasteiger charge is 2.24. The molecule has 1 aromatic carbocycles. The van der Waals surface area contributed by atoms with Crippen molar-refractivity contribution in [2.75, 3.05) is 13.7 Å². The zero-order valence-electron chi connectivity index (χ0n) is 10.6. The fraction of sp³-hybridized carbons (Fsp3) is 0.286. The second-order valence-electron chi connectivity index (χ2n) is 4.49. The fourth-order valence-electron chi connectivity index (χ4n) is 2.26. The molecule has 2 heterocycles. The first kappa shape index (κ1) is 11.8. The highest BCUT2D eigenvalue weighted by Crippen LogP contribution is 2.30. The summed E-state index contributed by atoms with van der Waals surface area (Å²) in [7, 11) is 1.35. The Bertz CT molecular complexity index is 606. The molecular weight excluding hydrogens is 244 g/mol. The fourth-order valence-corrected chi connectivity index (χ4v) is 2.26. The number of nitrogens with one attached hydrogen (secondary N) is 1. The maximum Gasteiger partial charge on any atom is 0.356 e. The quantitative estimate of drug-likeness (QED) is 0.836. The third-order valence-corrected chi connectivity index (χ3v) is 3.27. The zero-order valence-corrected chi connectivity index (χ0v) is 10.6. The molecule has 5 heteroatoms. The number of ether oxygens (including phenoxy) is 2. The zero-order chi connectivity index (χ0) is 13.2. The van der Waals surface area contributed by atoms with Crippen LogP contribution in [0.1, 0.15) is 27.8 Å². The first-order chi connectivity index (χ1) is 9.28. The van der Waals surface area contributed by atoms with E-state index in [-0.39, 0.29) is 5.92 Å². The summed E-state index contributed by atoms with van der Waals surface area (Å²) in [5.74, 6) is 1.41. The highest BCUT2D eigenvalue weighted by atomic mass is 16.5. The molecule has 1 atom stereocenters. The summed E-state index contributed by atoms with van der Waals surface area (Å²) in [5, 5.41) is 0. The number of carbonyl (C=O) groups is 1. The second kappa shape index (κ2) is 4.76. The van der Waals surface area contributed by atoms with E-state index in [4.69, 9.17) is 4.74 Å². The van der Waals surface area contributed by atoms with E-state index in [9.17, 15) is 4.79 Å². The van der Waals surface area contributed by atoms with Gasteiger partial charge in [-0.3, -0.25) is 0 Å². The number of aromatic nitrogens is 2. The maximum atomic E-state index is 11.4. The number of para-hydroxylation sites is 1. The Kier molecular flexibility index (Phi) is 2.95. The molecule has 1 aliphatic rings. The van der Waals surface area contributed by atoms with Gasteiger partial charge in [0.05, 0.1) is 25.8 Å². The minimum atomic E-state index is -0.407. The lowest BCUT2D eigenvalue weighted by Crippen LogP contribution is -2.20. The van der Waals surface area contributed by atoms with E-state index in [0.717, 1.165) is 23.6 Å². The minimum Gasteiger partial charge on any atom is -0.493 e. The summed E-state index contributed by atoms with van der Waals surface area (Å²) >= 11 is 0. The molecule has 1 aromatic heterocycles. The van der Waals surface area contributed by atoms with Gasteiger partial charge in [-0.15, -0.1) is 0 Å². The summed E-state index contributed by atoms with van der Waals surface area (Å²) in [5.41, 5.74) is 1.53. The number of H-pyrrole nitrogens is 1. The van der Waals surface area contributed by atoms with E-state index in [1.165, 1.54) is 13.3 Å². The molecule has 98 valence electrons. The first-order valence-electron chi connectivity index (χ1n) is 6.12. The van der Waals surface area contributed by atoms with Crippen LogP contribution in [0.4, 0.5) is 0 Å². The predicted octanol–water partition coefficient (Wildman–Crippen LogP) is 1.91. The van der Waals surface area contributed by atoms with Gasteiger partial charge in [0.15, 0.2) is 0 Å². The van der Waals surface area contributed by atoms with Gasteiger partial charge in [0.25, 0.3) is 0 Å². The van der Waals surface area contributed by atoms with Crippen molar-refractivity contribution in [3.8, 4) is 5.75 Å². The molecule has 19 heavy (non-hydrogen) atoms. The standard InChI is InChI=1S/C14H14N2O3/c1-18-14(17)11-7-15-13(16-11)10-6-9-4-2-3-5-12(9)19-8-10/h2-5,7,10H,6,8H2,1H3,(H,15,16). The van der Waals surface area contributed by atoms with Gasteiger partial charge in [0.1, 0.15) is 17.3 Å². The Morgan fingerprint density at radius 1 is 1.47 bits per heavy atom. The Morgan fingerprint density at radius 3 is 3.16 bits per heavy atom. The lowest BCUT2D eigenvalue weighted by molar-refractivity contribution is 0.0594. The molecule has 3 rings (SSSR count). The Labute approximate surface area is 110 Å². The lowest BCUT2D eigenvalue weighted by Gasteiger charge is -2.23. The smallest absolute Gasteiger partial charge is 0.356 e. The van der Waals surface area contributed by atoms with Crippen LogP contribution in [0.2, 0.25) is 0 Å². The molecule has 0 fully saturated rings. The summed E-state index contributed by atoms with van der Waals surface area (Å²) in [6.45, 7) is 0.561. The van der Waals surface area contributed by atoms with Crippen LogP contribution in [0.3, 0.4) is 0 Å². The third-order valence-electron chi connectivity index (χ3n) is 3.27. The first-order valence-corrected chi connectivity index (χ1v) is 6.12. The molecule has 0 bridgehead atoms. The molecular formula is C14H14N2O3. The second-order valence-corrected chi connectivity index (χ2v) is 4.49. The lowest BCUT2D eigenvalue weighted by atomic mass is 9.96. The van der Waals surface area contributed by atoms with Gasteiger partial charge >= 0.3 is 5.97 Å². The molecule has 0 amide bonds. The molecule has 1 N–H and O–H groups in total. The van der Waals surface area contributed by atoms with Crippen LogP contribution in [-0.2, 0) is 11.2 Å². The predicted molar refractivity (Wildman–Crippen MR) is 68.3 cm³/mol. The van der Waals surface area contributed by atoms with Gasteiger partial charge in [0, 0.05) is 0 Å². The Balaban J connectivity index is 1.81. The van der Waals surface area contributed by atoms with Crippen LogP contribution in [0.25, 0.3) is 0 Å². The molecule has 2 aromatic rings. The average molecular weight is 258 g/mol. The van der Waals surface area contributed by atoms with Crippen molar-refractivity contribution in [3.05, 3.63) is 47.5 Å². The van der Waals surface area contributed by atoms with Gasteiger partial charge in [-0.05, 0) is 18.1 Å². The summed E-state index contributed by atoms with van der Waals surface area (Å²) in [6.07, 6.45) is 2.35. The van der Waals surface area contributed by atoms with Crippen molar-refractivity contribution in [2.24, 2.45) is 0 Å². The van der Waals surface area contributed by atoms with Crippen molar-refractivity contribution >= 4 is 5.97 Å². The maximum absolute atomic E-state index is 11.4. The number of esters is 1. The number of rotatable bonds is 2. The van der Waals surface area contributed by atoms with Gasteiger partial charge in [0.2, 0.25) is 0 Å². The van der Waals surface area contributed by atoms with Gasteiger partial charge in [-0.2, -0.15) is 0 Å². The van der Waals surface area contributed by atoms with Crippen LogP contribution in [0.15, 0.2) is 30.5 Å². The Hall–Kier alpha value is -2.30. The molecule has 1 unspecified atom stereocenters. The van der Waals surface area contributed by atoms with Crippen molar-refractivity contribution in [2.45, 2.75) is 12.3 Å². The van der Waals surface area contributed by atoms with Crippen LogP contribution < -0.4 is 4.74 Å². The summed E-state index contributed by atoms with van der Waals surface area (Å²) in [6, 6.07) is 7.97. The molecule has 0 saturated carbocycles. The molecule has 0 aliphatic carbocycles. The van der Waals surface area contributed by atoms with Gasteiger partial charge in [-0.25, -0.2) is 9.78 Å². The van der Waals surface area contributed by atoms with Crippen LogP contribution in [-0.4, -0.2) is 29.7 Å². The minimum absolute atomic E-state index is 0.133. The van der Waals surface area contributed by atoms with Crippen molar-refractivity contribution in [3.63, 3.8) is 0 Å². The topological polar surface area (TPSA) is 64.2 Å². The molecule has 5 nitrogen and oxygen atoms in total. The molecule has 0 saturated heterocycles. The third kappa shape index (κ3) is 2.19. The van der Waals surface area contributed by atoms with E-state index in [0.29, 0.717) is 12.3 Å². The monoisotopic (exact) mass is 258 g/mol. The van der Waals surface area contributed by atoms with Crippen LogP contribution in [0.5, 0.6) is 5.75 Å². The van der Waals surface area contributed by atoms with Gasteiger partial charge < -0.3 is 14.5 Å². The Morgan fingerprint density at radius 2 is 2.32 bits per heavy atom. The van der Waals surface area contributed by atoms with E-state index in [2.05, 4.69) is 14.7 Å². The van der Waals surface area contributed by atoms with E-state index in [1.807, 2.05) is 24.3 Å². The summed E-state index contributed by atoms with van der Waals surface area (Å²) < 4.78 is 10.4.